The Morgan fingerprint density at radius 1 is 1.89 bits per heavy atom. The highest BCUT2D eigenvalue weighted by Crippen LogP contribution is 1.98. The topological polar surface area (TPSA) is 35.5 Å². The van der Waals surface area contributed by atoms with E-state index in [9.17, 15) is 4.79 Å². The molecule has 0 N–H and O–H groups in total. The minimum absolute atomic E-state index is 0.364. The van der Waals surface area contributed by atoms with Crippen molar-refractivity contribution in [2.45, 2.75) is 12.5 Å². The molecule has 0 radical (unpaired) electrons. The van der Waals surface area contributed by atoms with Gasteiger partial charge in [0.25, 0.3) is 0 Å². The third kappa shape index (κ3) is 3.50. The Morgan fingerprint density at radius 3 is 2.78 bits per heavy atom. The smallest absolute Gasteiger partial charge is 0.337 e. The minimum atomic E-state index is -0.924. The lowest BCUT2D eigenvalue weighted by Gasteiger charge is -2.05. The van der Waals surface area contributed by atoms with Crippen LogP contribution in [-0.2, 0) is 14.0 Å². The molecule has 0 aliphatic rings. The van der Waals surface area contributed by atoms with Gasteiger partial charge in [0, 0.05) is 6.61 Å². The maximum absolute atomic E-state index is 10.5. The first-order chi connectivity index (χ1) is 4.22. The zero-order chi connectivity index (χ0) is 7.28. The van der Waals surface area contributed by atoms with E-state index in [1.54, 1.807) is 6.92 Å². The first kappa shape index (κ1) is 8.94. The van der Waals surface area contributed by atoms with E-state index in [2.05, 4.69) is 4.43 Å². The summed E-state index contributed by atoms with van der Waals surface area (Å²) in [6.07, 6.45) is 0. The predicted octanol–water partition coefficient (Wildman–Crippen LogP) is -0.589. The molecule has 0 amide bonds. The van der Waals surface area contributed by atoms with Gasteiger partial charge in [0.2, 0.25) is 16.0 Å². The Balaban J connectivity index is 3.45. The van der Waals surface area contributed by atoms with E-state index < -0.39 is 11.5 Å². The van der Waals surface area contributed by atoms with Crippen molar-refractivity contribution in [3.05, 3.63) is 0 Å². The van der Waals surface area contributed by atoms with Gasteiger partial charge in [0.1, 0.15) is 0 Å². The molecule has 0 aliphatic heterocycles. The van der Waals surface area contributed by atoms with Crippen LogP contribution in [0.1, 0.15) is 6.92 Å². The molecule has 0 aromatic rings. The van der Waals surface area contributed by atoms with E-state index in [-0.39, 0.29) is 0 Å². The minimum Gasteiger partial charge on any atom is -0.526 e. The van der Waals surface area contributed by atoms with Gasteiger partial charge in [-0.2, -0.15) is 0 Å². The largest absolute Gasteiger partial charge is 0.526 e. The first-order valence-electron chi connectivity index (χ1n) is 2.55. The average Bonchev–Trinajstić information content (AvgIpc) is 1.87. The SMILES string of the molecule is CCOC(Cl)C(=O)O[SiH3]. The summed E-state index contributed by atoms with van der Waals surface area (Å²) in [6.45, 7) is 2.18. The normalized spacial score (nSPS) is 13.1. The van der Waals surface area contributed by atoms with Gasteiger partial charge in [-0.1, -0.05) is 11.6 Å². The zero-order valence-electron chi connectivity index (χ0n) is 5.39. The highest BCUT2D eigenvalue weighted by atomic mass is 35.5. The molecule has 3 nitrogen and oxygen atoms in total. The third-order valence-corrected chi connectivity index (χ3v) is 1.41. The van der Waals surface area contributed by atoms with Crippen molar-refractivity contribution in [3.8, 4) is 0 Å². The Labute approximate surface area is 61.8 Å². The number of hydrogen-bond acceptors (Lipinski definition) is 3. The summed E-state index contributed by atoms with van der Waals surface area (Å²) in [6, 6.07) is 0. The molecule has 1 atom stereocenters. The summed E-state index contributed by atoms with van der Waals surface area (Å²) in [5, 5.41) is 0. The number of ether oxygens (including phenoxy) is 1. The Kier molecular flexibility index (Phi) is 4.75. The Bertz CT molecular complexity index is 97.8. The quantitative estimate of drug-likeness (QED) is 0.418. The average molecular weight is 169 g/mol. The molecule has 9 heavy (non-hydrogen) atoms. The number of rotatable bonds is 3. The van der Waals surface area contributed by atoms with Crippen LogP contribution < -0.4 is 0 Å². The van der Waals surface area contributed by atoms with Crippen molar-refractivity contribution in [3.63, 3.8) is 0 Å². The fourth-order valence-corrected chi connectivity index (χ4v) is 0.886. The zero-order valence-corrected chi connectivity index (χ0v) is 8.14. The first-order valence-corrected chi connectivity index (χ1v) is 3.81. The van der Waals surface area contributed by atoms with E-state index in [0.717, 1.165) is 0 Å². The molecule has 0 rings (SSSR count). The second-order valence-electron chi connectivity index (χ2n) is 1.29. The number of carbonyl (C=O) groups excluding carboxylic acids is 1. The molecule has 0 bridgehead atoms. The summed E-state index contributed by atoms with van der Waals surface area (Å²) < 4.78 is 9.12. The van der Waals surface area contributed by atoms with Crippen molar-refractivity contribution in [1.82, 2.24) is 0 Å². The van der Waals surface area contributed by atoms with Gasteiger partial charge in [-0.05, 0) is 6.92 Å². The molecule has 0 spiro atoms. The Morgan fingerprint density at radius 2 is 2.44 bits per heavy atom. The van der Waals surface area contributed by atoms with Crippen LogP contribution in [0.15, 0.2) is 0 Å². The van der Waals surface area contributed by atoms with Crippen molar-refractivity contribution < 1.29 is 14.0 Å². The van der Waals surface area contributed by atoms with Crippen LogP contribution in [0.3, 0.4) is 0 Å². The van der Waals surface area contributed by atoms with Crippen molar-refractivity contribution >= 4 is 28.1 Å². The van der Waals surface area contributed by atoms with Crippen LogP contribution in [0.4, 0.5) is 0 Å². The molecule has 54 valence electrons. The summed E-state index contributed by atoms with van der Waals surface area (Å²) in [4.78, 5) is 10.5. The van der Waals surface area contributed by atoms with E-state index in [1.165, 1.54) is 0 Å². The van der Waals surface area contributed by atoms with Crippen LogP contribution in [0.5, 0.6) is 0 Å². The second-order valence-corrected chi connectivity index (χ2v) is 2.10. The van der Waals surface area contributed by atoms with Crippen LogP contribution in [0.25, 0.3) is 0 Å². The van der Waals surface area contributed by atoms with E-state index in [1.807, 2.05) is 0 Å². The molecule has 0 aromatic heterocycles. The number of alkyl halides is 1. The monoisotopic (exact) mass is 168 g/mol. The molecule has 5 heteroatoms. The van der Waals surface area contributed by atoms with Crippen LogP contribution in [0.2, 0.25) is 0 Å². The van der Waals surface area contributed by atoms with Gasteiger partial charge in [-0.15, -0.1) is 0 Å². The van der Waals surface area contributed by atoms with Crippen molar-refractivity contribution in [2.75, 3.05) is 6.61 Å². The molecule has 0 aliphatic carbocycles. The molecule has 0 fully saturated rings. The molecule has 0 aromatic carbocycles. The van der Waals surface area contributed by atoms with Gasteiger partial charge in [-0.3, -0.25) is 0 Å². The van der Waals surface area contributed by atoms with Gasteiger partial charge in [-0.25, -0.2) is 4.79 Å². The van der Waals surface area contributed by atoms with Gasteiger partial charge in [0.15, 0.2) is 0 Å². The number of hydrogen-bond donors (Lipinski definition) is 0. The standard InChI is InChI=1S/C4H9ClO3Si/c1-2-7-3(5)4(6)8-9/h3H,2H2,1,9H3. The van der Waals surface area contributed by atoms with Crippen LogP contribution in [-0.4, -0.2) is 28.6 Å². The second kappa shape index (κ2) is 4.78. The fourth-order valence-electron chi connectivity index (χ4n) is 0.307. The van der Waals surface area contributed by atoms with E-state index in [0.29, 0.717) is 17.1 Å². The number of halogens is 1. The Hall–Kier alpha value is -0.0631. The molecule has 0 saturated carbocycles. The highest BCUT2D eigenvalue weighted by molar-refractivity contribution is 6.30. The maximum Gasteiger partial charge on any atom is 0.337 e. The summed E-state index contributed by atoms with van der Waals surface area (Å²) in [5.41, 5.74) is -0.924. The fraction of sp³-hybridized carbons (Fsp3) is 0.750. The lowest BCUT2D eigenvalue weighted by molar-refractivity contribution is -0.141. The maximum atomic E-state index is 10.5. The van der Waals surface area contributed by atoms with E-state index >= 15 is 0 Å². The van der Waals surface area contributed by atoms with E-state index in [4.69, 9.17) is 16.3 Å². The molecular weight excluding hydrogens is 160 g/mol. The third-order valence-electron chi connectivity index (χ3n) is 0.699. The molecule has 0 saturated heterocycles. The predicted molar refractivity (Wildman–Crippen MR) is 37.3 cm³/mol. The lowest BCUT2D eigenvalue weighted by atomic mass is 10.7. The summed E-state index contributed by atoms with van der Waals surface area (Å²) in [5.74, 6) is -0.495. The molecular formula is C4H9ClO3Si. The van der Waals surface area contributed by atoms with Crippen LogP contribution >= 0.6 is 11.6 Å². The summed E-state index contributed by atoms with van der Waals surface area (Å²) in [7, 11) is 0.364. The molecule has 1 unspecified atom stereocenters. The van der Waals surface area contributed by atoms with Gasteiger partial charge in [0.05, 0.1) is 0 Å². The highest BCUT2D eigenvalue weighted by Gasteiger charge is 2.13. The van der Waals surface area contributed by atoms with Crippen molar-refractivity contribution in [1.29, 1.82) is 0 Å². The van der Waals surface area contributed by atoms with Gasteiger partial charge >= 0.3 is 5.97 Å². The van der Waals surface area contributed by atoms with Gasteiger partial charge < -0.3 is 9.16 Å². The number of carbonyl (C=O) groups is 1. The summed E-state index contributed by atoms with van der Waals surface area (Å²) >= 11 is 5.36. The molecule has 0 heterocycles. The van der Waals surface area contributed by atoms with Crippen molar-refractivity contribution in [2.24, 2.45) is 0 Å². The van der Waals surface area contributed by atoms with Crippen LogP contribution in [0, 0.1) is 0 Å². The lowest BCUT2D eigenvalue weighted by Crippen LogP contribution is -2.19.